The van der Waals surface area contributed by atoms with Crippen LogP contribution < -0.4 is 11.2 Å². The van der Waals surface area contributed by atoms with E-state index in [9.17, 15) is 18.4 Å². The Balaban J connectivity index is 1.69. The number of thioether (sulfide) groups is 1. The Hall–Kier alpha value is -3.53. The highest BCUT2D eigenvalue weighted by molar-refractivity contribution is 7.98. The molecule has 30 heavy (non-hydrogen) atoms. The molecule has 0 fully saturated rings. The molecular formula is C20H15F2N5O2S. The SMILES string of the molecule is O=c1cc(Cc2nnc(SCc3ccc(F)cc3)n2-c2ccc(F)cc2)[nH]c(=O)[nH]1. The average molecular weight is 427 g/mol. The molecule has 0 aliphatic heterocycles. The molecule has 2 heterocycles. The van der Waals surface area contributed by atoms with Crippen LogP contribution in [-0.4, -0.2) is 24.7 Å². The van der Waals surface area contributed by atoms with Crippen molar-refractivity contribution in [1.82, 2.24) is 24.7 Å². The summed E-state index contributed by atoms with van der Waals surface area (Å²) in [7, 11) is 0. The standard InChI is InChI=1S/C20H15F2N5O2S/c21-13-3-1-12(2-4-13)11-30-20-26-25-17(9-15-10-18(28)24-19(29)23-15)27(20)16-7-5-14(22)6-8-16/h1-8,10H,9,11H2,(H2,23,24,28,29). The number of halogens is 2. The molecule has 152 valence electrons. The molecule has 0 bridgehead atoms. The van der Waals surface area contributed by atoms with Crippen molar-refractivity contribution in [2.45, 2.75) is 17.3 Å². The maximum absolute atomic E-state index is 13.4. The van der Waals surface area contributed by atoms with Crippen molar-refractivity contribution in [2.75, 3.05) is 0 Å². The van der Waals surface area contributed by atoms with Crippen LogP contribution in [0.2, 0.25) is 0 Å². The van der Waals surface area contributed by atoms with E-state index in [1.54, 1.807) is 28.8 Å². The molecular weight excluding hydrogens is 412 g/mol. The topological polar surface area (TPSA) is 96.4 Å². The van der Waals surface area contributed by atoms with E-state index in [-0.39, 0.29) is 18.1 Å². The molecule has 0 radical (unpaired) electrons. The molecule has 0 saturated heterocycles. The van der Waals surface area contributed by atoms with Crippen molar-refractivity contribution >= 4 is 11.8 Å². The zero-order valence-electron chi connectivity index (χ0n) is 15.4. The van der Waals surface area contributed by atoms with E-state index in [1.807, 2.05) is 0 Å². The summed E-state index contributed by atoms with van der Waals surface area (Å²) in [6.07, 6.45) is 0.140. The first-order valence-electron chi connectivity index (χ1n) is 8.88. The number of nitrogens with zero attached hydrogens (tertiary/aromatic N) is 3. The minimum atomic E-state index is -0.615. The van der Waals surface area contributed by atoms with Crippen LogP contribution in [0.5, 0.6) is 0 Å². The quantitative estimate of drug-likeness (QED) is 0.462. The Morgan fingerprint density at radius 3 is 2.23 bits per heavy atom. The minimum absolute atomic E-state index is 0.140. The maximum atomic E-state index is 13.4. The second-order valence-electron chi connectivity index (χ2n) is 6.42. The first-order chi connectivity index (χ1) is 14.5. The van der Waals surface area contributed by atoms with Gasteiger partial charge in [0.25, 0.3) is 5.56 Å². The first-order valence-corrected chi connectivity index (χ1v) is 9.86. The smallest absolute Gasteiger partial charge is 0.311 e. The number of H-pyrrole nitrogens is 2. The maximum Gasteiger partial charge on any atom is 0.325 e. The number of aromatic nitrogens is 5. The number of aromatic amines is 2. The fourth-order valence-corrected chi connectivity index (χ4v) is 3.80. The summed E-state index contributed by atoms with van der Waals surface area (Å²) < 4.78 is 28.3. The molecule has 7 nitrogen and oxygen atoms in total. The van der Waals surface area contributed by atoms with Gasteiger partial charge in [0.15, 0.2) is 5.16 Å². The van der Waals surface area contributed by atoms with Gasteiger partial charge in [-0.25, -0.2) is 13.6 Å². The van der Waals surface area contributed by atoms with Gasteiger partial charge in [-0.3, -0.25) is 14.3 Å². The van der Waals surface area contributed by atoms with Crippen LogP contribution in [0.3, 0.4) is 0 Å². The normalized spacial score (nSPS) is 11.0. The number of benzene rings is 2. The van der Waals surface area contributed by atoms with Crippen molar-refractivity contribution < 1.29 is 8.78 Å². The summed E-state index contributed by atoms with van der Waals surface area (Å²) in [5, 5.41) is 8.95. The molecule has 0 amide bonds. The summed E-state index contributed by atoms with van der Waals surface area (Å²) in [5.41, 5.74) is 0.763. The zero-order valence-corrected chi connectivity index (χ0v) is 16.2. The van der Waals surface area contributed by atoms with E-state index in [0.717, 1.165) is 5.56 Å². The van der Waals surface area contributed by atoms with E-state index >= 15 is 0 Å². The van der Waals surface area contributed by atoms with Crippen LogP contribution in [-0.2, 0) is 12.2 Å². The Morgan fingerprint density at radius 2 is 1.57 bits per heavy atom. The largest absolute Gasteiger partial charge is 0.325 e. The third-order valence-corrected chi connectivity index (χ3v) is 5.23. The van der Waals surface area contributed by atoms with Gasteiger partial charge in [0.05, 0.1) is 0 Å². The van der Waals surface area contributed by atoms with E-state index in [0.29, 0.717) is 28.1 Å². The fraction of sp³-hybridized carbons (Fsp3) is 0.100. The van der Waals surface area contributed by atoms with E-state index in [1.165, 1.54) is 42.1 Å². The van der Waals surface area contributed by atoms with Gasteiger partial charge >= 0.3 is 5.69 Å². The predicted molar refractivity (Wildman–Crippen MR) is 108 cm³/mol. The van der Waals surface area contributed by atoms with Gasteiger partial charge in [-0.15, -0.1) is 10.2 Å². The van der Waals surface area contributed by atoms with E-state index < -0.39 is 11.2 Å². The summed E-state index contributed by atoms with van der Waals surface area (Å²) in [5.74, 6) is 0.284. The van der Waals surface area contributed by atoms with Gasteiger partial charge in [-0.05, 0) is 42.0 Å². The Bertz CT molecular complexity index is 1250. The van der Waals surface area contributed by atoms with Gasteiger partial charge in [-0.1, -0.05) is 23.9 Å². The second-order valence-corrected chi connectivity index (χ2v) is 7.36. The minimum Gasteiger partial charge on any atom is -0.311 e. The lowest BCUT2D eigenvalue weighted by atomic mass is 10.2. The van der Waals surface area contributed by atoms with Crippen LogP contribution in [0, 0.1) is 11.6 Å². The lowest BCUT2D eigenvalue weighted by molar-refractivity contribution is 0.626. The molecule has 0 saturated carbocycles. The molecule has 4 aromatic rings. The second kappa shape index (κ2) is 8.46. The first kappa shape index (κ1) is 19.8. The van der Waals surface area contributed by atoms with Crippen molar-refractivity contribution in [3.63, 3.8) is 0 Å². The van der Waals surface area contributed by atoms with Gasteiger partial charge in [-0.2, -0.15) is 0 Å². The number of nitrogens with one attached hydrogen (secondary N) is 2. The fourth-order valence-electron chi connectivity index (χ4n) is 2.87. The van der Waals surface area contributed by atoms with Crippen LogP contribution >= 0.6 is 11.8 Å². The van der Waals surface area contributed by atoms with Crippen LogP contribution in [0.25, 0.3) is 5.69 Å². The Kier molecular flexibility index (Phi) is 5.57. The third kappa shape index (κ3) is 4.54. The molecule has 2 N–H and O–H groups in total. The molecule has 0 aliphatic carbocycles. The lowest BCUT2D eigenvalue weighted by Gasteiger charge is -2.10. The van der Waals surface area contributed by atoms with Gasteiger partial charge in [0.1, 0.15) is 17.5 Å². The number of hydrogen-bond acceptors (Lipinski definition) is 5. The van der Waals surface area contributed by atoms with Crippen molar-refractivity contribution in [1.29, 1.82) is 0 Å². The Labute approximate surface area is 172 Å². The molecule has 2 aromatic heterocycles. The molecule has 4 rings (SSSR count). The van der Waals surface area contributed by atoms with Crippen molar-refractivity contribution in [3.05, 3.63) is 104 Å². The highest BCUT2D eigenvalue weighted by atomic mass is 32.2. The van der Waals surface area contributed by atoms with E-state index in [2.05, 4.69) is 20.2 Å². The van der Waals surface area contributed by atoms with Crippen LogP contribution in [0.1, 0.15) is 17.1 Å². The summed E-state index contributed by atoms with van der Waals surface area (Å²) in [4.78, 5) is 27.8. The van der Waals surface area contributed by atoms with Crippen LogP contribution in [0.15, 0.2) is 69.3 Å². The predicted octanol–water partition coefficient (Wildman–Crippen LogP) is 2.81. The van der Waals surface area contributed by atoms with Crippen molar-refractivity contribution in [2.24, 2.45) is 0 Å². The highest BCUT2D eigenvalue weighted by Gasteiger charge is 2.16. The zero-order chi connectivity index (χ0) is 21.1. The molecule has 10 heteroatoms. The number of hydrogen-bond donors (Lipinski definition) is 2. The molecule has 0 unspecified atom stereocenters. The third-order valence-electron chi connectivity index (χ3n) is 4.23. The molecule has 0 aliphatic rings. The summed E-state index contributed by atoms with van der Waals surface area (Å²) >= 11 is 1.38. The van der Waals surface area contributed by atoms with Gasteiger partial charge < -0.3 is 4.98 Å². The average Bonchev–Trinajstić information content (AvgIpc) is 3.10. The van der Waals surface area contributed by atoms with Gasteiger partial charge in [0, 0.05) is 29.6 Å². The number of rotatable bonds is 6. The highest BCUT2D eigenvalue weighted by Crippen LogP contribution is 2.26. The van der Waals surface area contributed by atoms with E-state index in [4.69, 9.17) is 0 Å². The summed E-state index contributed by atoms with van der Waals surface area (Å²) in [6, 6.07) is 13.2. The molecule has 0 atom stereocenters. The van der Waals surface area contributed by atoms with Gasteiger partial charge in [0.2, 0.25) is 0 Å². The Morgan fingerprint density at radius 1 is 0.900 bits per heavy atom. The molecule has 2 aromatic carbocycles. The van der Waals surface area contributed by atoms with Crippen LogP contribution in [0.4, 0.5) is 8.78 Å². The van der Waals surface area contributed by atoms with Crippen molar-refractivity contribution in [3.8, 4) is 5.69 Å². The summed E-state index contributed by atoms with van der Waals surface area (Å²) in [6.45, 7) is 0. The lowest BCUT2D eigenvalue weighted by Crippen LogP contribution is -2.23. The molecule has 0 spiro atoms. The monoisotopic (exact) mass is 427 g/mol.